The van der Waals surface area contributed by atoms with E-state index in [4.69, 9.17) is 16.3 Å². The van der Waals surface area contributed by atoms with E-state index in [0.717, 1.165) is 53.2 Å². The highest BCUT2D eigenvalue weighted by molar-refractivity contribution is 7.99. The van der Waals surface area contributed by atoms with E-state index in [1.165, 1.54) is 0 Å². The molecule has 1 saturated carbocycles. The number of methoxy groups -OCH3 is 1. The van der Waals surface area contributed by atoms with E-state index >= 15 is 0 Å². The Labute approximate surface area is 241 Å². The number of nitrogens with one attached hydrogen (secondary N) is 1. The molecule has 0 radical (unpaired) electrons. The molecule has 2 amide bonds. The summed E-state index contributed by atoms with van der Waals surface area (Å²) in [6, 6.07) is 25.0. The normalized spacial score (nSPS) is 14.1. The SMILES string of the molecule is COc1cccc(CN(C(=O)CCCSc2ccc(Cl)cc2)C(Cc2ccccc2)C(=O)NC2CCCC2)c1. The molecule has 0 aromatic heterocycles. The van der Waals surface area contributed by atoms with Gasteiger partial charge in [-0.3, -0.25) is 9.59 Å². The Morgan fingerprint density at radius 1 is 1.00 bits per heavy atom. The monoisotopic (exact) mass is 564 g/mol. The van der Waals surface area contributed by atoms with Gasteiger partial charge in [0, 0.05) is 35.3 Å². The van der Waals surface area contributed by atoms with Crippen molar-refractivity contribution in [1.29, 1.82) is 0 Å². The van der Waals surface area contributed by atoms with Crippen molar-refractivity contribution in [3.05, 3.63) is 95.0 Å². The summed E-state index contributed by atoms with van der Waals surface area (Å²) in [4.78, 5) is 30.5. The zero-order chi connectivity index (χ0) is 27.5. The fourth-order valence-electron chi connectivity index (χ4n) is 4.98. The summed E-state index contributed by atoms with van der Waals surface area (Å²) < 4.78 is 5.42. The highest BCUT2D eigenvalue weighted by atomic mass is 35.5. The van der Waals surface area contributed by atoms with Gasteiger partial charge in [-0.05, 0) is 72.5 Å². The van der Waals surface area contributed by atoms with Crippen molar-refractivity contribution in [3.8, 4) is 5.75 Å². The molecule has 3 aromatic carbocycles. The van der Waals surface area contributed by atoms with E-state index in [-0.39, 0.29) is 17.9 Å². The highest BCUT2D eigenvalue weighted by Gasteiger charge is 2.32. The number of nitrogens with zero attached hydrogens (tertiary/aromatic N) is 1. The van der Waals surface area contributed by atoms with Crippen molar-refractivity contribution in [1.82, 2.24) is 10.2 Å². The summed E-state index contributed by atoms with van der Waals surface area (Å²) in [5.41, 5.74) is 1.97. The van der Waals surface area contributed by atoms with Crippen molar-refractivity contribution < 1.29 is 14.3 Å². The van der Waals surface area contributed by atoms with Crippen molar-refractivity contribution in [2.75, 3.05) is 12.9 Å². The van der Waals surface area contributed by atoms with Crippen LogP contribution in [0.3, 0.4) is 0 Å². The topological polar surface area (TPSA) is 58.6 Å². The maximum atomic E-state index is 13.8. The minimum absolute atomic E-state index is 0.0166. The Bertz CT molecular complexity index is 1200. The maximum Gasteiger partial charge on any atom is 0.243 e. The zero-order valence-electron chi connectivity index (χ0n) is 22.5. The average Bonchev–Trinajstić information content (AvgIpc) is 3.47. The lowest BCUT2D eigenvalue weighted by Crippen LogP contribution is -2.52. The first-order valence-corrected chi connectivity index (χ1v) is 15.0. The Hall–Kier alpha value is -2.96. The third-order valence-corrected chi connectivity index (χ3v) is 8.43. The van der Waals surface area contributed by atoms with Crippen LogP contribution in [0.1, 0.15) is 49.7 Å². The summed E-state index contributed by atoms with van der Waals surface area (Å²) in [6.45, 7) is 0.343. The lowest BCUT2D eigenvalue weighted by Gasteiger charge is -2.32. The van der Waals surface area contributed by atoms with Crippen LogP contribution < -0.4 is 10.1 Å². The lowest BCUT2D eigenvalue weighted by molar-refractivity contribution is -0.141. The van der Waals surface area contributed by atoms with Gasteiger partial charge in [0.2, 0.25) is 11.8 Å². The number of rotatable bonds is 13. The number of hydrogen-bond donors (Lipinski definition) is 1. The van der Waals surface area contributed by atoms with E-state index in [0.29, 0.717) is 30.8 Å². The van der Waals surface area contributed by atoms with Crippen molar-refractivity contribution >= 4 is 35.2 Å². The number of ether oxygens (including phenoxy) is 1. The highest BCUT2D eigenvalue weighted by Crippen LogP contribution is 2.24. The first-order valence-electron chi connectivity index (χ1n) is 13.7. The molecular weight excluding hydrogens is 528 g/mol. The summed E-state index contributed by atoms with van der Waals surface area (Å²) >= 11 is 7.71. The second kappa shape index (κ2) is 15.0. The molecule has 1 fully saturated rings. The van der Waals surface area contributed by atoms with Crippen LogP contribution >= 0.6 is 23.4 Å². The molecular formula is C32H37ClN2O3S. The van der Waals surface area contributed by atoms with Gasteiger partial charge >= 0.3 is 0 Å². The van der Waals surface area contributed by atoms with Gasteiger partial charge in [-0.25, -0.2) is 0 Å². The number of thioether (sulfide) groups is 1. The van der Waals surface area contributed by atoms with Gasteiger partial charge < -0.3 is 15.0 Å². The molecule has 1 unspecified atom stereocenters. The molecule has 1 N–H and O–H groups in total. The van der Waals surface area contributed by atoms with Gasteiger partial charge in [-0.15, -0.1) is 11.8 Å². The fourth-order valence-corrected chi connectivity index (χ4v) is 5.96. The Kier molecular flexibility index (Phi) is 11.2. The molecule has 7 heteroatoms. The Balaban J connectivity index is 1.52. The van der Waals surface area contributed by atoms with E-state index in [1.807, 2.05) is 78.9 Å². The molecule has 5 nitrogen and oxygen atoms in total. The number of carbonyl (C=O) groups is 2. The summed E-state index contributed by atoms with van der Waals surface area (Å²) in [5.74, 6) is 1.45. The smallest absolute Gasteiger partial charge is 0.243 e. The second-order valence-corrected chi connectivity index (χ2v) is 11.6. The lowest BCUT2D eigenvalue weighted by atomic mass is 10.0. The van der Waals surface area contributed by atoms with Crippen molar-refractivity contribution in [2.45, 2.75) is 68.5 Å². The van der Waals surface area contributed by atoms with Crippen LogP contribution in [0.25, 0.3) is 0 Å². The molecule has 1 aliphatic rings. The van der Waals surface area contributed by atoms with Crippen molar-refractivity contribution in [3.63, 3.8) is 0 Å². The molecule has 0 spiro atoms. The number of benzene rings is 3. The van der Waals surface area contributed by atoms with E-state index in [2.05, 4.69) is 5.32 Å². The molecule has 0 bridgehead atoms. The van der Waals surface area contributed by atoms with E-state index in [9.17, 15) is 9.59 Å². The van der Waals surface area contributed by atoms with Gasteiger partial charge in [0.15, 0.2) is 0 Å². The predicted octanol–water partition coefficient (Wildman–Crippen LogP) is 6.92. The van der Waals surface area contributed by atoms with Gasteiger partial charge in [0.1, 0.15) is 11.8 Å². The first kappa shape index (κ1) is 29.0. The predicted molar refractivity (Wildman–Crippen MR) is 159 cm³/mol. The minimum atomic E-state index is -0.601. The second-order valence-electron chi connectivity index (χ2n) is 9.97. The van der Waals surface area contributed by atoms with Gasteiger partial charge in [-0.1, -0.05) is 66.9 Å². The molecule has 1 aliphatic carbocycles. The van der Waals surface area contributed by atoms with E-state index in [1.54, 1.807) is 23.8 Å². The maximum absolute atomic E-state index is 13.8. The summed E-state index contributed by atoms with van der Waals surface area (Å²) in [5, 5.41) is 3.97. The number of amides is 2. The Morgan fingerprint density at radius 2 is 1.72 bits per heavy atom. The fraction of sp³-hybridized carbons (Fsp3) is 0.375. The van der Waals surface area contributed by atoms with Crippen molar-refractivity contribution in [2.24, 2.45) is 0 Å². The van der Waals surface area contributed by atoms with Crippen LogP contribution in [-0.2, 0) is 22.6 Å². The third-order valence-electron chi connectivity index (χ3n) is 7.08. The van der Waals surface area contributed by atoms with Crippen LogP contribution in [0.2, 0.25) is 5.02 Å². The van der Waals surface area contributed by atoms with Crippen LogP contribution in [0, 0.1) is 0 Å². The average molecular weight is 565 g/mol. The van der Waals surface area contributed by atoms with E-state index < -0.39 is 6.04 Å². The first-order chi connectivity index (χ1) is 19.0. The number of carbonyl (C=O) groups excluding carboxylic acids is 2. The number of hydrogen-bond acceptors (Lipinski definition) is 4. The van der Waals surface area contributed by atoms with Gasteiger partial charge in [-0.2, -0.15) is 0 Å². The standard InChI is InChI=1S/C32H37ClN2O3S/c1-38-28-14-7-11-25(21-28)23-35(31(36)15-8-20-39-29-18-16-26(33)17-19-29)30(22-24-9-3-2-4-10-24)32(37)34-27-12-5-6-13-27/h2-4,7,9-11,14,16-19,21,27,30H,5-6,8,12-13,15,20,22-23H2,1H3,(H,34,37). The molecule has 206 valence electrons. The quantitative estimate of drug-likeness (QED) is 0.181. The van der Waals surface area contributed by atoms with Crippen LogP contribution in [0.15, 0.2) is 83.8 Å². The molecule has 0 aliphatic heterocycles. The molecule has 0 heterocycles. The van der Waals surface area contributed by atoms with Crippen LogP contribution in [0.4, 0.5) is 0 Å². The van der Waals surface area contributed by atoms with Crippen LogP contribution in [0.5, 0.6) is 5.75 Å². The van der Waals surface area contributed by atoms with Gasteiger partial charge in [0.25, 0.3) is 0 Å². The molecule has 4 rings (SSSR count). The summed E-state index contributed by atoms with van der Waals surface area (Å²) in [6.07, 6.45) is 5.80. The Morgan fingerprint density at radius 3 is 2.44 bits per heavy atom. The zero-order valence-corrected chi connectivity index (χ0v) is 24.1. The molecule has 1 atom stereocenters. The molecule has 3 aromatic rings. The summed E-state index contributed by atoms with van der Waals surface area (Å²) in [7, 11) is 1.63. The molecule has 0 saturated heterocycles. The van der Waals surface area contributed by atoms with Gasteiger partial charge in [0.05, 0.1) is 7.11 Å². The molecule has 39 heavy (non-hydrogen) atoms. The minimum Gasteiger partial charge on any atom is -0.497 e. The van der Waals surface area contributed by atoms with Crippen LogP contribution in [-0.4, -0.2) is 41.7 Å². The third kappa shape index (κ3) is 9.04. The largest absolute Gasteiger partial charge is 0.497 e. The number of halogens is 1.